The van der Waals surface area contributed by atoms with E-state index in [-0.39, 0.29) is 5.91 Å². The Morgan fingerprint density at radius 1 is 1.19 bits per heavy atom. The number of amides is 1. The van der Waals surface area contributed by atoms with Crippen LogP contribution in [-0.2, 0) is 17.6 Å². The third-order valence-corrected chi connectivity index (χ3v) is 8.84. The maximum atomic E-state index is 12.6. The zero-order valence-electron chi connectivity index (χ0n) is 17.5. The molecule has 1 N–H and O–H groups in total. The quantitative estimate of drug-likeness (QED) is 0.571. The van der Waals surface area contributed by atoms with Gasteiger partial charge in [0.1, 0.15) is 11.1 Å². The van der Waals surface area contributed by atoms with Crippen LogP contribution in [0.25, 0.3) is 10.2 Å². The van der Waals surface area contributed by atoms with Crippen molar-refractivity contribution in [3.8, 4) is 6.07 Å². The minimum atomic E-state index is 0.0170. The van der Waals surface area contributed by atoms with Crippen LogP contribution < -0.4 is 5.32 Å². The van der Waals surface area contributed by atoms with Crippen LogP contribution in [0.3, 0.4) is 0 Å². The number of para-hydroxylation sites is 1. The van der Waals surface area contributed by atoms with Crippen molar-refractivity contribution in [2.24, 2.45) is 0 Å². The first-order valence-corrected chi connectivity index (χ1v) is 12.8. The van der Waals surface area contributed by atoms with Gasteiger partial charge >= 0.3 is 0 Å². The summed E-state index contributed by atoms with van der Waals surface area (Å²) in [6.07, 6.45) is 6.98. The van der Waals surface area contributed by atoms with E-state index in [9.17, 15) is 10.1 Å². The van der Waals surface area contributed by atoms with Crippen molar-refractivity contribution < 1.29 is 4.79 Å². The fourth-order valence-corrected chi connectivity index (χ4v) is 7.08. The summed E-state index contributed by atoms with van der Waals surface area (Å²) in [5.74, 6) is 0.543. The molecule has 5 rings (SSSR count). The molecule has 0 radical (unpaired) electrons. The van der Waals surface area contributed by atoms with Gasteiger partial charge in [-0.2, -0.15) is 5.26 Å². The lowest BCUT2D eigenvalue weighted by molar-refractivity contribution is -0.116. The molecule has 1 aliphatic heterocycles. The molecule has 7 heteroatoms. The maximum absolute atomic E-state index is 12.6. The Bertz CT molecular complexity index is 1100. The van der Waals surface area contributed by atoms with Gasteiger partial charge in [-0.15, -0.1) is 22.7 Å². The van der Waals surface area contributed by atoms with E-state index in [0.29, 0.717) is 17.9 Å². The standard InChI is InChI=1S/C24H26N4OS2/c25-15-18-17-5-1-3-7-20(17)30-24(18)27-22(29)11-14-28-12-9-16(10-13-28)23-26-19-6-2-4-8-21(19)31-23/h2,4,6,8,16H,1,3,5,7,9-14H2,(H,27,29). The monoisotopic (exact) mass is 450 g/mol. The molecule has 3 aromatic rings. The highest BCUT2D eigenvalue weighted by Gasteiger charge is 2.25. The van der Waals surface area contributed by atoms with Crippen molar-refractivity contribution in [1.82, 2.24) is 9.88 Å². The summed E-state index contributed by atoms with van der Waals surface area (Å²) in [6, 6.07) is 10.7. The van der Waals surface area contributed by atoms with E-state index in [4.69, 9.17) is 4.98 Å². The van der Waals surface area contributed by atoms with Gasteiger partial charge < -0.3 is 10.2 Å². The second-order valence-corrected chi connectivity index (χ2v) is 10.6. The Morgan fingerprint density at radius 2 is 2.00 bits per heavy atom. The number of thiazole rings is 1. The summed E-state index contributed by atoms with van der Waals surface area (Å²) < 4.78 is 1.27. The number of likely N-dealkylation sites (tertiary alicyclic amines) is 1. The average Bonchev–Trinajstić information content (AvgIpc) is 3.39. The van der Waals surface area contributed by atoms with E-state index >= 15 is 0 Å². The number of anilines is 1. The van der Waals surface area contributed by atoms with Crippen LogP contribution in [0.5, 0.6) is 0 Å². The number of carbonyl (C=O) groups is 1. The Morgan fingerprint density at radius 3 is 2.81 bits per heavy atom. The van der Waals surface area contributed by atoms with Gasteiger partial charge in [-0.3, -0.25) is 4.79 Å². The summed E-state index contributed by atoms with van der Waals surface area (Å²) >= 11 is 3.42. The van der Waals surface area contributed by atoms with Crippen LogP contribution in [0.1, 0.15) is 59.0 Å². The van der Waals surface area contributed by atoms with Crippen molar-refractivity contribution in [3.63, 3.8) is 0 Å². The fourth-order valence-electron chi connectivity index (χ4n) is 4.69. The second kappa shape index (κ2) is 9.07. The van der Waals surface area contributed by atoms with E-state index in [1.165, 1.54) is 26.6 Å². The molecule has 2 aliphatic rings. The van der Waals surface area contributed by atoms with Crippen molar-refractivity contribution in [2.45, 2.75) is 50.9 Å². The van der Waals surface area contributed by atoms with Gasteiger partial charge in [0, 0.05) is 23.8 Å². The first-order valence-electron chi connectivity index (χ1n) is 11.1. The van der Waals surface area contributed by atoms with Gasteiger partial charge in [0.2, 0.25) is 5.91 Å². The molecule has 1 fully saturated rings. The fraction of sp³-hybridized carbons (Fsp3) is 0.458. The van der Waals surface area contributed by atoms with Crippen LogP contribution >= 0.6 is 22.7 Å². The number of thiophene rings is 1. The van der Waals surface area contributed by atoms with Crippen LogP contribution in [0.15, 0.2) is 24.3 Å². The number of rotatable bonds is 5. The van der Waals surface area contributed by atoms with E-state index in [1.54, 1.807) is 11.3 Å². The Balaban J connectivity index is 1.13. The zero-order valence-corrected chi connectivity index (χ0v) is 19.2. The molecule has 1 aliphatic carbocycles. The van der Waals surface area contributed by atoms with Crippen molar-refractivity contribution >= 4 is 43.8 Å². The first kappa shape index (κ1) is 20.6. The lowest BCUT2D eigenvalue weighted by atomic mass is 9.96. The molecular formula is C24H26N4OS2. The number of fused-ring (bicyclic) bond motifs is 2. The Labute approximate surface area is 190 Å². The summed E-state index contributed by atoms with van der Waals surface area (Å²) in [7, 11) is 0. The summed E-state index contributed by atoms with van der Waals surface area (Å²) in [4.78, 5) is 21.1. The van der Waals surface area contributed by atoms with Gasteiger partial charge in [0.25, 0.3) is 0 Å². The van der Waals surface area contributed by atoms with E-state index in [0.717, 1.165) is 62.3 Å². The average molecular weight is 451 g/mol. The second-order valence-electron chi connectivity index (χ2n) is 8.46. The van der Waals surface area contributed by atoms with Gasteiger partial charge in [0.15, 0.2) is 0 Å². The minimum Gasteiger partial charge on any atom is -0.317 e. The molecule has 2 aromatic heterocycles. The van der Waals surface area contributed by atoms with Gasteiger partial charge in [-0.1, -0.05) is 12.1 Å². The van der Waals surface area contributed by atoms with Gasteiger partial charge in [-0.05, 0) is 69.3 Å². The summed E-state index contributed by atoms with van der Waals surface area (Å²) in [5, 5.41) is 14.6. The third-order valence-electron chi connectivity index (χ3n) is 6.44. The van der Waals surface area contributed by atoms with Crippen LogP contribution in [-0.4, -0.2) is 35.4 Å². The number of nitrogens with zero attached hydrogens (tertiary/aromatic N) is 3. The molecule has 160 valence electrons. The van der Waals surface area contributed by atoms with E-state index in [2.05, 4.69) is 34.5 Å². The molecule has 1 saturated heterocycles. The van der Waals surface area contributed by atoms with Crippen molar-refractivity contribution in [3.05, 3.63) is 45.3 Å². The normalized spacial score (nSPS) is 17.4. The lowest BCUT2D eigenvalue weighted by Gasteiger charge is -2.30. The smallest absolute Gasteiger partial charge is 0.226 e. The molecule has 0 spiro atoms. The van der Waals surface area contributed by atoms with Gasteiger partial charge in [-0.25, -0.2) is 4.98 Å². The Hall–Kier alpha value is -2.27. The molecule has 1 amide bonds. The molecule has 3 heterocycles. The predicted molar refractivity (Wildman–Crippen MR) is 127 cm³/mol. The van der Waals surface area contributed by atoms with Crippen molar-refractivity contribution in [1.29, 1.82) is 5.26 Å². The number of nitriles is 1. The number of nitrogens with one attached hydrogen (secondary N) is 1. The van der Waals surface area contributed by atoms with Crippen LogP contribution in [0.2, 0.25) is 0 Å². The van der Waals surface area contributed by atoms with Crippen molar-refractivity contribution in [2.75, 3.05) is 25.0 Å². The highest BCUT2D eigenvalue weighted by Crippen LogP contribution is 2.38. The zero-order chi connectivity index (χ0) is 21.2. The first-order chi connectivity index (χ1) is 15.2. The number of carbonyl (C=O) groups excluding carboxylic acids is 1. The predicted octanol–water partition coefficient (Wildman–Crippen LogP) is 5.32. The molecule has 0 bridgehead atoms. The molecule has 0 unspecified atom stereocenters. The third kappa shape index (κ3) is 4.38. The summed E-state index contributed by atoms with van der Waals surface area (Å²) in [5.41, 5.74) is 2.98. The number of aryl methyl sites for hydroxylation is 1. The SMILES string of the molecule is N#Cc1c(NC(=O)CCN2CCC(c3nc4ccccc4s3)CC2)sc2c1CCCC2. The van der Waals surface area contributed by atoms with Crippen LogP contribution in [0.4, 0.5) is 5.00 Å². The topological polar surface area (TPSA) is 69.0 Å². The van der Waals surface area contributed by atoms with E-state index < -0.39 is 0 Å². The molecule has 1 aromatic carbocycles. The number of hydrogen-bond donors (Lipinski definition) is 1. The molecule has 0 atom stereocenters. The lowest BCUT2D eigenvalue weighted by Crippen LogP contribution is -2.35. The largest absolute Gasteiger partial charge is 0.317 e. The summed E-state index contributed by atoms with van der Waals surface area (Å²) in [6.45, 7) is 2.78. The number of aromatic nitrogens is 1. The number of piperidine rings is 1. The highest BCUT2D eigenvalue weighted by atomic mass is 32.1. The minimum absolute atomic E-state index is 0.0170. The number of hydrogen-bond acceptors (Lipinski definition) is 6. The highest BCUT2D eigenvalue weighted by molar-refractivity contribution is 7.18. The van der Waals surface area contributed by atoms with Gasteiger partial charge in [0.05, 0.1) is 20.8 Å². The molecule has 31 heavy (non-hydrogen) atoms. The van der Waals surface area contributed by atoms with Crippen LogP contribution in [0, 0.1) is 11.3 Å². The van der Waals surface area contributed by atoms with E-state index in [1.807, 2.05) is 17.4 Å². The Kier molecular flexibility index (Phi) is 6.04. The molecular weight excluding hydrogens is 424 g/mol. The molecule has 0 saturated carbocycles. The molecule has 5 nitrogen and oxygen atoms in total. The maximum Gasteiger partial charge on any atom is 0.226 e. The number of benzene rings is 1.